The van der Waals surface area contributed by atoms with E-state index in [1.165, 1.54) is 0 Å². The van der Waals surface area contributed by atoms with Crippen molar-refractivity contribution in [3.05, 3.63) is 0 Å². The SMILES string of the molecule is CC(=O)OC[C@H]1O[C@@H](OC(=N)C(Cl)(Cl)Cl)[C@H](NC(=O)C(Cl)(Cl)Cl)[C@@H](OC(C)=O)[C@@H]1OC(C)=O. The zero-order valence-electron chi connectivity index (χ0n) is 17.0. The standard InChI is InChI=1S/C16H18Cl6N2O9/c1-5(25)29-4-8-10(30-6(2)26)11(31-7(3)27)9(24-14(28)16(20,21)22)12(32-8)33-13(23)15(17,18)19/h8-12,23H,4H2,1-3H3,(H,24,28)/t8-,9-,10-,11-,12+/m1/s1. The van der Waals surface area contributed by atoms with Crippen molar-refractivity contribution < 1.29 is 42.9 Å². The number of rotatable bonds is 6. The summed E-state index contributed by atoms with van der Waals surface area (Å²) in [6.45, 7) is 2.65. The Hall–Kier alpha value is -0.950. The molecule has 33 heavy (non-hydrogen) atoms. The van der Waals surface area contributed by atoms with Crippen LogP contribution in [-0.2, 0) is 42.9 Å². The van der Waals surface area contributed by atoms with E-state index in [0.717, 1.165) is 20.8 Å². The van der Waals surface area contributed by atoms with Gasteiger partial charge in [0.15, 0.2) is 12.2 Å². The van der Waals surface area contributed by atoms with E-state index in [9.17, 15) is 19.2 Å². The molecule has 0 saturated carbocycles. The average molecular weight is 595 g/mol. The number of carbonyl (C=O) groups excluding carboxylic acids is 4. The largest absolute Gasteiger partial charge is 0.463 e. The van der Waals surface area contributed by atoms with Gasteiger partial charge in [0.1, 0.15) is 18.8 Å². The van der Waals surface area contributed by atoms with Crippen molar-refractivity contribution in [2.75, 3.05) is 6.61 Å². The lowest BCUT2D eigenvalue weighted by Gasteiger charge is -2.45. The first-order valence-corrected chi connectivity index (χ1v) is 11.0. The second-order valence-electron chi connectivity index (χ2n) is 6.44. The molecule has 0 aromatic heterocycles. The molecule has 1 saturated heterocycles. The van der Waals surface area contributed by atoms with Crippen molar-refractivity contribution in [1.29, 1.82) is 5.41 Å². The lowest BCUT2D eigenvalue weighted by atomic mass is 9.96. The van der Waals surface area contributed by atoms with Gasteiger partial charge in [0.2, 0.25) is 12.2 Å². The summed E-state index contributed by atoms with van der Waals surface area (Å²) in [7, 11) is 0. The highest BCUT2D eigenvalue weighted by Crippen LogP contribution is 2.34. The number of hydrogen-bond donors (Lipinski definition) is 2. The highest BCUT2D eigenvalue weighted by molar-refractivity contribution is 6.76. The molecule has 1 aliphatic rings. The molecule has 0 aliphatic carbocycles. The Bertz CT molecular complexity index is 785. The van der Waals surface area contributed by atoms with Crippen molar-refractivity contribution in [1.82, 2.24) is 5.32 Å². The van der Waals surface area contributed by atoms with Gasteiger partial charge in [-0.05, 0) is 0 Å². The van der Waals surface area contributed by atoms with Crippen LogP contribution in [0.1, 0.15) is 20.8 Å². The predicted molar refractivity (Wildman–Crippen MR) is 118 cm³/mol. The third-order valence-corrected chi connectivity index (χ3v) is 4.78. The lowest BCUT2D eigenvalue weighted by Crippen LogP contribution is -2.68. The Morgan fingerprint density at radius 1 is 0.848 bits per heavy atom. The van der Waals surface area contributed by atoms with E-state index in [-0.39, 0.29) is 0 Å². The fraction of sp³-hybridized carbons (Fsp3) is 0.688. The molecule has 0 bridgehead atoms. The highest BCUT2D eigenvalue weighted by atomic mass is 35.6. The van der Waals surface area contributed by atoms with Gasteiger partial charge in [0, 0.05) is 20.8 Å². The van der Waals surface area contributed by atoms with Crippen LogP contribution in [0.25, 0.3) is 0 Å². The van der Waals surface area contributed by atoms with E-state index < -0.39 is 74.5 Å². The highest BCUT2D eigenvalue weighted by Gasteiger charge is 2.54. The quantitative estimate of drug-likeness (QED) is 0.155. The molecule has 1 rings (SSSR count). The minimum Gasteiger partial charge on any atom is -0.463 e. The molecule has 11 nitrogen and oxygen atoms in total. The van der Waals surface area contributed by atoms with Crippen LogP contribution in [0.4, 0.5) is 0 Å². The van der Waals surface area contributed by atoms with Crippen LogP contribution in [0.5, 0.6) is 0 Å². The molecule has 188 valence electrons. The van der Waals surface area contributed by atoms with E-state index in [0.29, 0.717) is 0 Å². The molecule has 0 radical (unpaired) electrons. The number of nitrogens with one attached hydrogen (secondary N) is 2. The maximum Gasteiger partial charge on any atom is 0.303 e. The topological polar surface area (TPSA) is 150 Å². The maximum absolute atomic E-state index is 12.4. The summed E-state index contributed by atoms with van der Waals surface area (Å²) in [5.74, 6) is -4.61. The Labute approximate surface area is 217 Å². The molecule has 0 aromatic rings. The first-order valence-electron chi connectivity index (χ1n) is 8.76. The van der Waals surface area contributed by atoms with Crippen LogP contribution in [0.2, 0.25) is 0 Å². The predicted octanol–water partition coefficient (Wildman–Crippen LogP) is 2.36. The summed E-state index contributed by atoms with van der Waals surface area (Å²) >= 11 is 33.7. The molecule has 0 aromatic carbocycles. The second kappa shape index (κ2) is 12.1. The Kier molecular flexibility index (Phi) is 11.1. The molecular weight excluding hydrogens is 577 g/mol. The number of alkyl halides is 6. The van der Waals surface area contributed by atoms with Crippen molar-refractivity contribution >= 4 is 99.3 Å². The maximum atomic E-state index is 12.4. The normalized spacial score (nSPS) is 25.4. The Morgan fingerprint density at radius 3 is 1.79 bits per heavy atom. The molecule has 1 amide bonds. The molecule has 0 spiro atoms. The molecular formula is C16H18Cl6N2O9. The van der Waals surface area contributed by atoms with Gasteiger partial charge < -0.3 is 29.0 Å². The van der Waals surface area contributed by atoms with Gasteiger partial charge in [-0.25, -0.2) is 0 Å². The van der Waals surface area contributed by atoms with Gasteiger partial charge in [-0.2, -0.15) is 0 Å². The summed E-state index contributed by atoms with van der Waals surface area (Å²) < 4.78 is 21.3. The second-order valence-corrected chi connectivity index (χ2v) is 11.0. The van der Waals surface area contributed by atoms with Crippen molar-refractivity contribution in [2.24, 2.45) is 0 Å². The number of ether oxygens (including phenoxy) is 5. The van der Waals surface area contributed by atoms with Crippen LogP contribution in [-0.4, -0.2) is 74.5 Å². The van der Waals surface area contributed by atoms with Crippen LogP contribution in [0.15, 0.2) is 0 Å². The van der Waals surface area contributed by atoms with Crippen LogP contribution < -0.4 is 5.32 Å². The monoisotopic (exact) mass is 592 g/mol. The number of hydrogen-bond acceptors (Lipinski definition) is 10. The molecule has 1 aliphatic heterocycles. The lowest BCUT2D eigenvalue weighted by molar-refractivity contribution is -0.260. The zero-order valence-corrected chi connectivity index (χ0v) is 21.6. The van der Waals surface area contributed by atoms with Gasteiger partial charge in [-0.3, -0.25) is 24.6 Å². The molecule has 1 heterocycles. The minimum absolute atomic E-state index is 0.517. The molecule has 1 fully saturated rings. The zero-order chi connectivity index (χ0) is 25.7. The number of esters is 3. The summed E-state index contributed by atoms with van der Waals surface area (Å²) in [6, 6.07) is -1.57. The van der Waals surface area contributed by atoms with E-state index in [2.05, 4.69) is 5.32 Å². The minimum atomic E-state index is -2.49. The smallest absolute Gasteiger partial charge is 0.303 e. The van der Waals surface area contributed by atoms with Gasteiger partial charge in [-0.1, -0.05) is 69.6 Å². The van der Waals surface area contributed by atoms with Gasteiger partial charge in [0.25, 0.3) is 13.5 Å². The Morgan fingerprint density at radius 2 is 1.36 bits per heavy atom. The first-order chi connectivity index (χ1) is 14.9. The van der Waals surface area contributed by atoms with E-state index >= 15 is 0 Å². The number of carbonyl (C=O) groups is 4. The van der Waals surface area contributed by atoms with Crippen LogP contribution >= 0.6 is 69.6 Å². The van der Waals surface area contributed by atoms with E-state index in [4.69, 9.17) is 98.7 Å². The fourth-order valence-corrected chi connectivity index (χ4v) is 2.87. The third kappa shape index (κ3) is 9.67. The third-order valence-electron chi connectivity index (χ3n) is 3.75. The fourth-order valence-electron chi connectivity index (χ4n) is 2.57. The Balaban J connectivity index is 3.50. The molecule has 5 atom stereocenters. The number of amides is 1. The van der Waals surface area contributed by atoms with Crippen molar-refractivity contribution in [3.8, 4) is 0 Å². The molecule has 2 N–H and O–H groups in total. The molecule has 0 unspecified atom stereocenters. The average Bonchev–Trinajstić information content (AvgIpc) is 2.62. The van der Waals surface area contributed by atoms with Gasteiger partial charge in [-0.15, -0.1) is 0 Å². The van der Waals surface area contributed by atoms with Crippen LogP contribution in [0.3, 0.4) is 0 Å². The van der Waals surface area contributed by atoms with Crippen molar-refractivity contribution in [3.63, 3.8) is 0 Å². The van der Waals surface area contributed by atoms with Crippen molar-refractivity contribution in [2.45, 2.75) is 59.0 Å². The van der Waals surface area contributed by atoms with Gasteiger partial charge in [0.05, 0.1) is 0 Å². The number of halogens is 6. The van der Waals surface area contributed by atoms with Crippen LogP contribution in [0, 0.1) is 5.41 Å². The van der Waals surface area contributed by atoms with E-state index in [1.807, 2.05) is 0 Å². The van der Waals surface area contributed by atoms with Gasteiger partial charge >= 0.3 is 17.9 Å². The molecule has 17 heteroatoms. The van der Waals surface area contributed by atoms with E-state index in [1.54, 1.807) is 0 Å². The summed E-state index contributed by atoms with van der Waals surface area (Å²) in [4.78, 5) is 47.2. The summed E-state index contributed by atoms with van der Waals surface area (Å²) in [5, 5.41) is 10.0. The summed E-state index contributed by atoms with van der Waals surface area (Å²) in [5.41, 5.74) is 0. The first kappa shape index (κ1) is 30.1. The summed E-state index contributed by atoms with van der Waals surface area (Å²) in [6.07, 6.45) is -6.06.